The molecule has 0 amide bonds. The van der Waals surface area contributed by atoms with Crippen LogP contribution in [0, 0.1) is 5.92 Å². The molecule has 1 aliphatic carbocycles. The first-order chi connectivity index (χ1) is 7.34. The molecule has 0 aromatic rings. The van der Waals surface area contributed by atoms with Gasteiger partial charge in [-0.2, -0.15) is 11.8 Å². The van der Waals surface area contributed by atoms with Crippen molar-refractivity contribution in [3.05, 3.63) is 0 Å². The number of hydrogen-bond acceptors (Lipinski definition) is 2. The molecule has 1 aliphatic rings. The maximum atomic E-state index is 3.76. The number of thioether (sulfide) groups is 1. The van der Waals surface area contributed by atoms with E-state index in [9.17, 15) is 0 Å². The summed E-state index contributed by atoms with van der Waals surface area (Å²) in [5, 5.41) is 3.76. The summed E-state index contributed by atoms with van der Waals surface area (Å²) in [5.41, 5.74) is 0. The Kier molecular flexibility index (Phi) is 7.54. The molecule has 0 bridgehead atoms. The molecule has 0 aromatic heterocycles. The van der Waals surface area contributed by atoms with Gasteiger partial charge in [0.05, 0.1) is 0 Å². The van der Waals surface area contributed by atoms with E-state index in [1.165, 1.54) is 56.6 Å². The predicted molar refractivity (Wildman–Crippen MR) is 71.7 cm³/mol. The van der Waals surface area contributed by atoms with Gasteiger partial charge in [-0.1, -0.05) is 33.1 Å². The van der Waals surface area contributed by atoms with E-state index in [-0.39, 0.29) is 0 Å². The number of rotatable bonds is 6. The van der Waals surface area contributed by atoms with Crippen LogP contribution in [-0.2, 0) is 0 Å². The van der Waals surface area contributed by atoms with Crippen LogP contribution in [0.1, 0.15) is 52.4 Å². The Morgan fingerprint density at radius 1 is 1.20 bits per heavy atom. The van der Waals surface area contributed by atoms with E-state index in [1.807, 2.05) is 0 Å². The second kappa shape index (κ2) is 8.46. The van der Waals surface area contributed by atoms with Crippen LogP contribution >= 0.6 is 11.8 Å². The molecule has 0 heterocycles. The summed E-state index contributed by atoms with van der Waals surface area (Å²) in [4.78, 5) is 0. The highest BCUT2D eigenvalue weighted by molar-refractivity contribution is 7.99. The van der Waals surface area contributed by atoms with Gasteiger partial charge in [0.2, 0.25) is 0 Å². The number of nitrogens with one attached hydrogen (secondary N) is 1. The smallest absolute Gasteiger partial charge is 0.00926 e. The largest absolute Gasteiger partial charge is 0.314 e. The first-order valence-electron chi connectivity index (χ1n) is 6.65. The summed E-state index contributed by atoms with van der Waals surface area (Å²) in [6.45, 7) is 5.89. The minimum absolute atomic E-state index is 0.805. The van der Waals surface area contributed by atoms with Gasteiger partial charge in [0.1, 0.15) is 0 Å². The summed E-state index contributed by atoms with van der Waals surface area (Å²) < 4.78 is 0. The Hall–Kier alpha value is 0.310. The van der Waals surface area contributed by atoms with Crippen LogP contribution in [-0.4, -0.2) is 24.1 Å². The maximum absolute atomic E-state index is 3.76. The molecule has 1 rings (SSSR count). The highest BCUT2D eigenvalue weighted by Gasteiger charge is 2.18. The van der Waals surface area contributed by atoms with Crippen LogP contribution in [0.25, 0.3) is 0 Å². The molecule has 15 heavy (non-hydrogen) atoms. The van der Waals surface area contributed by atoms with Gasteiger partial charge < -0.3 is 5.32 Å². The van der Waals surface area contributed by atoms with Crippen molar-refractivity contribution in [2.24, 2.45) is 5.92 Å². The minimum Gasteiger partial charge on any atom is -0.314 e. The average Bonchev–Trinajstić information content (AvgIpc) is 2.44. The molecule has 1 fully saturated rings. The van der Waals surface area contributed by atoms with Crippen LogP contribution in [0.5, 0.6) is 0 Å². The van der Waals surface area contributed by atoms with Crippen molar-refractivity contribution in [1.29, 1.82) is 0 Å². The minimum atomic E-state index is 0.805. The summed E-state index contributed by atoms with van der Waals surface area (Å²) in [5.74, 6) is 3.48. The van der Waals surface area contributed by atoms with E-state index in [0.717, 1.165) is 12.0 Å². The van der Waals surface area contributed by atoms with Gasteiger partial charge in [0.25, 0.3) is 0 Å². The monoisotopic (exact) mass is 229 g/mol. The Morgan fingerprint density at radius 3 is 2.80 bits per heavy atom. The van der Waals surface area contributed by atoms with Crippen molar-refractivity contribution < 1.29 is 0 Å². The molecule has 0 saturated heterocycles. The molecule has 90 valence electrons. The van der Waals surface area contributed by atoms with E-state index >= 15 is 0 Å². The summed E-state index contributed by atoms with van der Waals surface area (Å²) >= 11 is 2.06. The van der Waals surface area contributed by atoms with Crippen molar-refractivity contribution in [1.82, 2.24) is 5.32 Å². The third-order valence-electron chi connectivity index (χ3n) is 3.44. The molecule has 0 aliphatic heterocycles. The van der Waals surface area contributed by atoms with E-state index in [2.05, 4.69) is 30.9 Å². The topological polar surface area (TPSA) is 12.0 Å². The molecular formula is C13H27NS. The molecule has 2 atom stereocenters. The molecule has 0 spiro atoms. The van der Waals surface area contributed by atoms with E-state index in [0.29, 0.717) is 0 Å². The molecule has 2 unspecified atom stereocenters. The third-order valence-corrected chi connectivity index (χ3v) is 4.42. The molecule has 1 N–H and O–H groups in total. The summed E-state index contributed by atoms with van der Waals surface area (Å²) in [6, 6.07) is 0.805. The van der Waals surface area contributed by atoms with Crippen LogP contribution < -0.4 is 5.32 Å². The Morgan fingerprint density at radius 2 is 2.00 bits per heavy atom. The van der Waals surface area contributed by atoms with Crippen LogP contribution in [0.3, 0.4) is 0 Å². The lowest BCUT2D eigenvalue weighted by molar-refractivity contribution is 0.359. The van der Waals surface area contributed by atoms with E-state index in [1.54, 1.807) is 0 Å². The Bertz CT molecular complexity index is 149. The van der Waals surface area contributed by atoms with Crippen LogP contribution in [0.15, 0.2) is 0 Å². The van der Waals surface area contributed by atoms with E-state index < -0.39 is 0 Å². The lowest BCUT2D eigenvalue weighted by Crippen LogP contribution is -2.35. The van der Waals surface area contributed by atoms with Gasteiger partial charge in [-0.05, 0) is 43.2 Å². The molecule has 1 saturated carbocycles. The van der Waals surface area contributed by atoms with Gasteiger partial charge in [-0.15, -0.1) is 0 Å². The third kappa shape index (κ3) is 5.82. The van der Waals surface area contributed by atoms with Crippen molar-refractivity contribution >= 4 is 11.8 Å². The van der Waals surface area contributed by atoms with Crippen LogP contribution in [0.2, 0.25) is 0 Å². The average molecular weight is 229 g/mol. The molecule has 0 aromatic carbocycles. The zero-order valence-electron chi connectivity index (χ0n) is 10.4. The fraction of sp³-hybridized carbons (Fsp3) is 1.00. The molecule has 2 heteroatoms. The van der Waals surface area contributed by atoms with Crippen molar-refractivity contribution in [3.8, 4) is 0 Å². The maximum Gasteiger partial charge on any atom is 0.00926 e. The summed E-state index contributed by atoms with van der Waals surface area (Å²) in [7, 11) is 0. The molecular weight excluding hydrogens is 202 g/mol. The predicted octanol–water partition coefficient (Wildman–Crippen LogP) is 3.69. The fourth-order valence-electron chi connectivity index (χ4n) is 2.40. The normalized spacial score (nSPS) is 27.6. The summed E-state index contributed by atoms with van der Waals surface area (Å²) in [6.07, 6.45) is 8.51. The SMILES string of the molecule is CCSCCCNC1CCCCCC1C. The number of hydrogen-bond donors (Lipinski definition) is 1. The zero-order valence-corrected chi connectivity index (χ0v) is 11.2. The van der Waals surface area contributed by atoms with Gasteiger partial charge in [-0.25, -0.2) is 0 Å². The fourth-order valence-corrected chi connectivity index (χ4v) is 3.04. The standard InChI is InChI=1S/C13H27NS/c1-3-15-11-7-10-14-13-9-6-4-5-8-12(13)2/h12-14H,3-11H2,1-2H3. The van der Waals surface area contributed by atoms with Gasteiger partial charge in [0.15, 0.2) is 0 Å². The highest BCUT2D eigenvalue weighted by Crippen LogP contribution is 2.22. The zero-order chi connectivity index (χ0) is 10.9. The quantitative estimate of drug-likeness (QED) is 0.551. The van der Waals surface area contributed by atoms with Gasteiger partial charge in [-0.3, -0.25) is 0 Å². The lowest BCUT2D eigenvalue weighted by atomic mass is 9.97. The Labute approximate surface area is 99.8 Å². The second-order valence-corrected chi connectivity index (χ2v) is 6.12. The van der Waals surface area contributed by atoms with Gasteiger partial charge in [0, 0.05) is 6.04 Å². The van der Waals surface area contributed by atoms with Crippen molar-refractivity contribution in [2.75, 3.05) is 18.1 Å². The lowest BCUT2D eigenvalue weighted by Gasteiger charge is -2.22. The second-order valence-electron chi connectivity index (χ2n) is 4.73. The highest BCUT2D eigenvalue weighted by atomic mass is 32.2. The van der Waals surface area contributed by atoms with Crippen LogP contribution in [0.4, 0.5) is 0 Å². The van der Waals surface area contributed by atoms with E-state index in [4.69, 9.17) is 0 Å². The molecule has 0 radical (unpaired) electrons. The first-order valence-corrected chi connectivity index (χ1v) is 7.81. The first kappa shape index (κ1) is 13.4. The van der Waals surface area contributed by atoms with Gasteiger partial charge >= 0.3 is 0 Å². The van der Waals surface area contributed by atoms with Crippen molar-refractivity contribution in [2.45, 2.75) is 58.4 Å². The Balaban J connectivity index is 2.07. The molecule has 1 nitrogen and oxygen atoms in total. The van der Waals surface area contributed by atoms with Crippen molar-refractivity contribution in [3.63, 3.8) is 0 Å².